The van der Waals surface area contributed by atoms with E-state index in [-0.39, 0.29) is 23.6 Å². The fourth-order valence-electron chi connectivity index (χ4n) is 2.52. The maximum Gasteiger partial charge on any atom is 0.307 e. The average Bonchev–Trinajstić information content (AvgIpc) is 2.71. The number of aromatic amines is 1. The number of carbonyl (C=O) groups is 2. The number of nitrogens with one attached hydrogen (secondary N) is 1. The number of ketones is 1. The highest BCUT2D eigenvalue weighted by molar-refractivity contribution is 6.11. The summed E-state index contributed by atoms with van der Waals surface area (Å²) >= 11 is 0. The van der Waals surface area contributed by atoms with Gasteiger partial charge in [-0.3, -0.25) is 9.59 Å². The molecule has 0 radical (unpaired) electrons. The Morgan fingerprint density at radius 1 is 1.23 bits per heavy atom. The van der Waals surface area contributed by atoms with Gasteiger partial charge in [0.2, 0.25) is 5.78 Å². The highest BCUT2D eigenvalue weighted by Gasteiger charge is 2.26. The van der Waals surface area contributed by atoms with E-state index in [1.807, 2.05) is 52.0 Å². The number of hydrogen-bond donors (Lipinski definition) is 1. The van der Waals surface area contributed by atoms with Crippen molar-refractivity contribution in [2.45, 2.75) is 47.1 Å². The minimum Gasteiger partial charge on any atom is -0.454 e. The molecule has 1 aromatic carbocycles. The van der Waals surface area contributed by atoms with Gasteiger partial charge >= 0.3 is 5.97 Å². The molecule has 0 saturated carbocycles. The van der Waals surface area contributed by atoms with E-state index in [1.54, 1.807) is 6.92 Å². The first-order chi connectivity index (χ1) is 10.2. The lowest BCUT2D eigenvalue weighted by Crippen LogP contribution is -2.26. The fraction of sp³-hybridized carbons (Fsp3) is 0.444. The Labute approximate surface area is 130 Å². The van der Waals surface area contributed by atoms with Crippen molar-refractivity contribution >= 4 is 22.7 Å². The van der Waals surface area contributed by atoms with Crippen molar-refractivity contribution in [2.24, 2.45) is 5.41 Å². The number of H-pyrrole nitrogens is 1. The van der Waals surface area contributed by atoms with Gasteiger partial charge in [-0.05, 0) is 25.3 Å². The molecule has 22 heavy (non-hydrogen) atoms. The van der Waals surface area contributed by atoms with Gasteiger partial charge in [0, 0.05) is 22.2 Å². The molecule has 0 spiro atoms. The van der Waals surface area contributed by atoms with Gasteiger partial charge in [0.1, 0.15) is 0 Å². The monoisotopic (exact) mass is 301 g/mol. The lowest BCUT2D eigenvalue weighted by atomic mass is 9.92. The molecule has 0 unspecified atom stereocenters. The maximum atomic E-state index is 12.6. The van der Waals surface area contributed by atoms with Crippen molar-refractivity contribution in [1.82, 2.24) is 4.98 Å². The molecule has 0 aliphatic rings. The number of para-hydroxylation sites is 1. The van der Waals surface area contributed by atoms with E-state index in [0.29, 0.717) is 5.56 Å². The zero-order chi connectivity index (χ0) is 16.5. The van der Waals surface area contributed by atoms with Gasteiger partial charge < -0.3 is 9.72 Å². The van der Waals surface area contributed by atoms with E-state index in [2.05, 4.69) is 4.98 Å². The topological polar surface area (TPSA) is 59.2 Å². The van der Waals surface area contributed by atoms with E-state index < -0.39 is 6.10 Å². The van der Waals surface area contributed by atoms with Gasteiger partial charge in [0.25, 0.3) is 0 Å². The number of carbonyl (C=O) groups excluding carboxylic acids is 2. The van der Waals surface area contributed by atoms with Crippen LogP contribution in [0.3, 0.4) is 0 Å². The molecule has 0 saturated heterocycles. The predicted octanol–water partition coefficient (Wildman–Crippen LogP) is 4.03. The Morgan fingerprint density at radius 3 is 2.50 bits per heavy atom. The number of fused-ring (bicyclic) bond motifs is 1. The summed E-state index contributed by atoms with van der Waals surface area (Å²) in [5.74, 6) is -0.511. The van der Waals surface area contributed by atoms with Crippen molar-refractivity contribution in [3.63, 3.8) is 0 Å². The van der Waals surface area contributed by atoms with Crippen LogP contribution < -0.4 is 0 Å². The average molecular weight is 301 g/mol. The predicted molar refractivity (Wildman–Crippen MR) is 87.0 cm³/mol. The van der Waals surface area contributed by atoms with Crippen LogP contribution in [-0.2, 0) is 9.53 Å². The van der Waals surface area contributed by atoms with Crippen LogP contribution in [0, 0.1) is 12.3 Å². The molecule has 118 valence electrons. The van der Waals surface area contributed by atoms with E-state index in [4.69, 9.17) is 4.74 Å². The van der Waals surface area contributed by atoms with Gasteiger partial charge in [-0.15, -0.1) is 0 Å². The second kappa shape index (κ2) is 5.95. The first kappa shape index (κ1) is 16.3. The smallest absolute Gasteiger partial charge is 0.307 e. The molecule has 2 rings (SSSR count). The van der Waals surface area contributed by atoms with Crippen LogP contribution >= 0.6 is 0 Å². The summed E-state index contributed by atoms with van der Waals surface area (Å²) in [6, 6.07) is 7.63. The van der Waals surface area contributed by atoms with Crippen molar-refractivity contribution in [3.05, 3.63) is 35.5 Å². The molecule has 0 aliphatic heterocycles. The number of esters is 1. The molecular weight excluding hydrogens is 278 g/mol. The van der Waals surface area contributed by atoms with Crippen LogP contribution in [0.15, 0.2) is 24.3 Å². The standard InChI is InChI=1S/C18H23NO3/c1-11-16(13-8-6-7-9-14(13)19-11)17(21)12(2)22-15(20)10-18(3,4)5/h6-9,12,19H,10H2,1-5H3/t12-/m1/s1. The Bertz CT molecular complexity index is 707. The molecule has 0 amide bonds. The summed E-state index contributed by atoms with van der Waals surface area (Å²) in [6.45, 7) is 9.38. The fourth-order valence-corrected chi connectivity index (χ4v) is 2.52. The second-order valence-electron chi connectivity index (χ2n) is 6.90. The maximum absolute atomic E-state index is 12.6. The molecule has 1 N–H and O–H groups in total. The van der Waals surface area contributed by atoms with Crippen LogP contribution in [0.5, 0.6) is 0 Å². The number of benzene rings is 1. The SMILES string of the molecule is Cc1[nH]c2ccccc2c1C(=O)[C@@H](C)OC(=O)CC(C)(C)C. The molecule has 0 aliphatic carbocycles. The lowest BCUT2D eigenvalue weighted by Gasteiger charge is -2.19. The Kier molecular flexibility index (Phi) is 4.40. The minimum absolute atomic E-state index is 0.156. The van der Waals surface area contributed by atoms with Crippen molar-refractivity contribution in [3.8, 4) is 0 Å². The van der Waals surface area contributed by atoms with Gasteiger partial charge in [0.05, 0.1) is 6.42 Å². The van der Waals surface area contributed by atoms with E-state index in [1.165, 1.54) is 0 Å². The van der Waals surface area contributed by atoms with Gasteiger partial charge in [-0.1, -0.05) is 39.0 Å². The number of hydrogen-bond acceptors (Lipinski definition) is 3. The summed E-state index contributed by atoms with van der Waals surface area (Å²) in [7, 11) is 0. The summed E-state index contributed by atoms with van der Waals surface area (Å²) in [5, 5.41) is 0.865. The number of aryl methyl sites for hydroxylation is 1. The largest absolute Gasteiger partial charge is 0.454 e. The Balaban J connectivity index is 2.20. The van der Waals surface area contributed by atoms with E-state index >= 15 is 0 Å². The van der Waals surface area contributed by atoms with Gasteiger partial charge in [-0.25, -0.2) is 0 Å². The number of rotatable bonds is 4. The van der Waals surface area contributed by atoms with E-state index in [9.17, 15) is 9.59 Å². The van der Waals surface area contributed by atoms with Crippen LogP contribution in [0.25, 0.3) is 10.9 Å². The van der Waals surface area contributed by atoms with Crippen LogP contribution in [0.2, 0.25) is 0 Å². The minimum atomic E-state index is -0.784. The highest BCUT2D eigenvalue weighted by Crippen LogP contribution is 2.25. The Morgan fingerprint density at radius 2 is 1.86 bits per heavy atom. The number of ether oxygens (including phenoxy) is 1. The van der Waals surface area contributed by atoms with Crippen LogP contribution in [0.4, 0.5) is 0 Å². The molecule has 2 aromatic rings. The number of Topliss-reactive ketones (excluding diaryl/α,β-unsaturated/α-hetero) is 1. The van der Waals surface area contributed by atoms with Crippen LogP contribution in [-0.4, -0.2) is 22.8 Å². The van der Waals surface area contributed by atoms with Crippen molar-refractivity contribution < 1.29 is 14.3 Å². The third kappa shape index (κ3) is 3.56. The summed E-state index contributed by atoms with van der Waals surface area (Å²) in [4.78, 5) is 27.7. The summed E-state index contributed by atoms with van der Waals surface area (Å²) in [6.07, 6.45) is -0.495. The molecule has 1 heterocycles. The molecule has 0 fully saturated rings. The Hall–Kier alpha value is -2.10. The van der Waals surface area contributed by atoms with Crippen molar-refractivity contribution in [2.75, 3.05) is 0 Å². The quantitative estimate of drug-likeness (QED) is 0.685. The zero-order valence-electron chi connectivity index (χ0n) is 13.8. The zero-order valence-corrected chi connectivity index (χ0v) is 13.8. The van der Waals surface area contributed by atoms with Crippen LogP contribution in [0.1, 0.15) is 50.2 Å². The van der Waals surface area contributed by atoms with E-state index in [0.717, 1.165) is 16.6 Å². The molecular formula is C18H23NO3. The normalized spacial score (nSPS) is 13.1. The molecule has 0 bridgehead atoms. The summed E-state index contributed by atoms with van der Waals surface area (Å²) in [5.41, 5.74) is 2.16. The van der Waals surface area contributed by atoms with Gasteiger partial charge in [0.15, 0.2) is 6.10 Å². The third-order valence-electron chi connectivity index (χ3n) is 3.49. The molecule has 4 heteroatoms. The summed E-state index contributed by atoms with van der Waals surface area (Å²) < 4.78 is 5.31. The second-order valence-corrected chi connectivity index (χ2v) is 6.90. The first-order valence-corrected chi connectivity index (χ1v) is 7.50. The third-order valence-corrected chi connectivity index (χ3v) is 3.49. The van der Waals surface area contributed by atoms with Crippen molar-refractivity contribution in [1.29, 1.82) is 0 Å². The van der Waals surface area contributed by atoms with Gasteiger partial charge in [-0.2, -0.15) is 0 Å². The molecule has 4 nitrogen and oxygen atoms in total. The first-order valence-electron chi connectivity index (χ1n) is 7.50. The number of aromatic nitrogens is 1. The molecule has 1 atom stereocenters. The molecule has 1 aromatic heterocycles. The lowest BCUT2D eigenvalue weighted by molar-refractivity contribution is -0.148. The highest BCUT2D eigenvalue weighted by atomic mass is 16.5.